The smallest absolute Gasteiger partial charge is 0.00225 e. The van der Waals surface area contributed by atoms with Crippen LogP contribution in [0.25, 0.3) is 0 Å². The highest BCUT2D eigenvalue weighted by Crippen LogP contribution is 1.81. The Morgan fingerprint density at radius 3 is 2.56 bits per heavy atom. The summed E-state index contributed by atoms with van der Waals surface area (Å²) in [4.78, 5) is 0. The first-order valence-electron chi connectivity index (χ1n) is 3.73. The van der Waals surface area contributed by atoms with Gasteiger partial charge in [0.1, 0.15) is 0 Å². The van der Waals surface area contributed by atoms with E-state index < -0.39 is 0 Å². The third-order valence-corrected chi connectivity index (χ3v) is 1.20. The van der Waals surface area contributed by atoms with E-state index in [1.807, 2.05) is 6.92 Å². The number of rotatable bonds is 5. The van der Waals surface area contributed by atoms with Gasteiger partial charge in [0.2, 0.25) is 0 Å². The molecule has 0 aliphatic rings. The molecule has 0 rings (SSSR count). The maximum Gasteiger partial charge on any atom is 0.00225 e. The Balaban J connectivity index is 2.75. The van der Waals surface area contributed by atoms with Crippen molar-refractivity contribution in [2.75, 3.05) is 13.1 Å². The molecule has 1 atom stereocenters. The molecule has 2 heteroatoms. The van der Waals surface area contributed by atoms with Crippen LogP contribution >= 0.6 is 0 Å². The van der Waals surface area contributed by atoms with Crippen LogP contribution < -0.4 is 11.1 Å². The molecule has 0 heterocycles. The second-order valence-electron chi connectivity index (χ2n) is 2.52. The fourth-order valence-electron chi connectivity index (χ4n) is 0.632. The first-order chi connectivity index (χ1) is 4.27. The van der Waals surface area contributed by atoms with Crippen molar-refractivity contribution in [2.24, 2.45) is 5.73 Å². The summed E-state index contributed by atoms with van der Waals surface area (Å²) in [5.41, 5.74) is 5.53. The van der Waals surface area contributed by atoms with Crippen molar-refractivity contribution < 1.29 is 0 Å². The molecule has 56 valence electrons. The van der Waals surface area contributed by atoms with Gasteiger partial charge in [0.25, 0.3) is 0 Å². The van der Waals surface area contributed by atoms with Crippen LogP contribution in [0, 0.1) is 0 Å². The molecule has 0 fully saturated rings. The van der Waals surface area contributed by atoms with Crippen molar-refractivity contribution in [3.63, 3.8) is 0 Å². The summed E-state index contributed by atoms with van der Waals surface area (Å²) in [5, 5.41) is 3.29. The van der Waals surface area contributed by atoms with E-state index in [1.165, 1.54) is 6.42 Å². The molecule has 0 aliphatic carbocycles. The average molecular weight is 130 g/mol. The van der Waals surface area contributed by atoms with Crippen LogP contribution in [0.15, 0.2) is 0 Å². The molecule has 0 aromatic heterocycles. The van der Waals surface area contributed by atoms with E-state index in [9.17, 15) is 0 Å². The third-order valence-electron chi connectivity index (χ3n) is 1.20. The van der Waals surface area contributed by atoms with Crippen LogP contribution in [-0.4, -0.2) is 19.1 Å². The maximum atomic E-state index is 5.53. The Bertz CT molecular complexity index is 52.9. The molecule has 0 radical (unpaired) electrons. The lowest BCUT2D eigenvalue weighted by Gasteiger charge is -2.04. The minimum absolute atomic E-state index is 0.342. The molecular formula is C7H18N2. The first kappa shape index (κ1) is 8.92. The summed E-state index contributed by atoms with van der Waals surface area (Å²) in [7, 11) is 0. The van der Waals surface area contributed by atoms with Crippen molar-refractivity contribution in [3.05, 3.63) is 0 Å². The van der Waals surface area contributed by atoms with Crippen LogP contribution in [0.5, 0.6) is 0 Å². The Morgan fingerprint density at radius 2 is 2.11 bits per heavy atom. The zero-order valence-electron chi connectivity index (χ0n) is 6.48. The third kappa shape index (κ3) is 7.92. The van der Waals surface area contributed by atoms with E-state index in [-0.39, 0.29) is 0 Å². The molecule has 0 aromatic rings. The summed E-state index contributed by atoms with van der Waals surface area (Å²) in [6, 6.07) is 0.342. The van der Waals surface area contributed by atoms with E-state index in [4.69, 9.17) is 5.73 Å². The highest BCUT2D eigenvalue weighted by molar-refractivity contribution is 4.54. The predicted octanol–water partition coefficient (Wildman–Crippen LogP) is 0.723. The van der Waals surface area contributed by atoms with Gasteiger partial charge in [0.05, 0.1) is 0 Å². The summed E-state index contributed by atoms with van der Waals surface area (Å²) in [5.74, 6) is 0. The number of hydrogen-bond acceptors (Lipinski definition) is 2. The first-order valence-corrected chi connectivity index (χ1v) is 3.73. The number of nitrogens with one attached hydrogen (secondary N) is 1. The molecule has 0 saturated carbocycles. The van der Waals surface area contributed by atoms with E-state index in [2.05, 4.69) is 12.2 Å². The van der Waals surface area contributed by atoms with E-state index in [0.717, 1.165) is 19.5 Å². The molecule has 0 amide bonds. The van der Waals surface area contributed by atoms with Gasteiger partial charge in [0.15, 0.2) is 0 Å². The monoisotopic (exact) mass is 130 g/mol. The van der Waals surface area contributed by atoms with Gasteiger partial charge in [-0.25, -0.2) is 0 Å². The second-order valence-corrected chi connectivity index (χ2v) is 2.52. The summed E-state index contributed by atoms with van der Waals surface area (Å²) < 4.78 is 0. The summed E-state index contributed by atoms with van der Waals surface area (Å²) in [6.45, 7) is 6.38. The van der Waals surface area contributed by atoms with Gasteiger partial charge < -0.3 is 11.1 Å². The fraction of sp³-hybridized carbons (Fsp3) is 1.00. The van der Waals surface area contributed by atoms with Crippen molar-refractivity contribution in [3.8, 4) is 0 Å². The summed E-state index contributed by atoms with van der Waals surface area (Å²) >= 11 is 0. The highest BCUT2D eigenvalue weighted by atomic mass is 14.8. The van der Waals surface area contributed by atoms with Crippen molar-refractivity contribution in [1.29, 1.82) is 0 Å². The number of hydrogen-bond donors (Lipinski definition) is 2. The van der Waals surface area contributed by atoms with Gasteiger partial charge in [-0.2, -0.15) is 0 Å². The van der Waals surface area contributed by atoms with Crippen LogP contribution in [-0.2, 0) is 0 Å². The zero-order valence-corrected chi connectivity index (χ0v) is 6.48. The van der Waals surface area contributed by atoms with Crippen molar-refractivity contribution in [1.82, 2.24) is 5.32 Å². The van der Waals surface area contributed by atoms with Gasteiger partial charge in [-0.1, -0.05) is 6.92 Å². The average Bonchev–Trinajstić information content (AvgIpc) is 1.80. The van der Waals surface area contributed by atoms with Gasteiger partial charge in [-0.3, -0.25) is 0 Å². The van der Waals surface area contributed by atoms with Crippen LogP contribution in [0.4, 0.5) is 0 Å². The molecule has 2 nitrogen and oxygen atoms in total. The van der Waals surface area contributed by atoms with E-state index in [0.29, 0.717) is 6.04 Å². The lowest BCUT2D eigenvalue weighted by molar-refractivity contribution is 0.586. The molecule has 0 spiro atoms. The van der Waals surface area contributed by atoms with Gasteiger partial charge in [-0.15, -0.1) is 0 Å². The zero-order chi connectivity index (χ0) is 7.11. The van der Waals surface area contributed by atoms with Gasteiger partial charge >= 0.3 is 0 Å². The topological polar surface area (TPSA) is 38.0 Å². The van der Waals surface area contributed by atoms with Crippen LogP contribution in [0.3, 0.4) is 0 Å². The second kappa shape index (κ2) is 6.05. The standard InChI is InChI=1S/C7H18N2/c1-3-5-9-6-4-7(2)8/h7,9H,3-6,8H2,1-2H3. The molecule has 0 bridgehead atoms. The van der Waals surface area contributed by atoms with Crippen LogP contribution in [0.2, 0.25) is 0 Å². The molecule has 1 unspecified atom stereocenters. The Kier molecular flexibility index (Phi) is 5.99. The molecule has 3 N–H and O–H groups in total. The van der Waals surface area contributed by atoms with Gasteiger partial charge in [0, 0.05) is 6.04 Å². The molecule has 0 aliphatic heterocycles. The van der Waals surface area contributed by atoms with E-state index in [1.54, 1.807) is 0 Å². The number of nitrogens with two attached hydrogens (primary N) is 1. The lowest BCUT2D eigenvalue weighted by atomic mass is 10.2. The Hall–Kier alpha value is -0.0800. The molecular weight excluding hydrogens is 112 g/mol. The largest absolute Gasteiger partial charge is 0.328 e. The minimum atomic E-state index is 0.342. The van der Waals surface area contributed by atoms with E-state index >= 15 is 0 Å². The highest BCUT2D eigenvalue weighted by Gasteiger charge is 1.90. The minimum Gasteiger partial charge on any atom is -0.328 e. The quantitative estimate of drug-likeness (QED) is 0.538. The van der Waals surface area contributed by atoms with Crippen LogP contribution in [0.1, 0.15) is 26.7 Å². The molecule has 9 heavy (non-hydrogen) atoms. The SMILES string of the molecule is CCCNCCC(C)N. The Labute approximate surface area is 57.8 Å². The molecule has 0 saturated heterocycles. The molecule has 0 aromatic carbocycles. The predicted molar refractivity (Wildman–Crippen MR) is 41.4 cm³/mol. The normalized spacial score (nSPS) is 13.7. The maximum absolute atomic E-state index is 5.53. The Morgan fingerprint density at radius 1 is 1.44 bits per heavy atom. The van der Waals surface area contributed by atoms with Crippen molar-refractivity contribution >= 4 is 0 Å². The van der Waals surface area contributed by atoms with Crippen molar-refractivity contribution in [2.45, 2.75) is 32.7 Å². The summed E-state index contributed by atoms with van der Waals surface area (Å²) in [6.07, 6.45) is 2.29. The fourth-order valence-corrected chi connectivity index (χ4v) is 0.632. The van der Waals surface area contributed by atoms with Gasteiger partial charge in [-0.05, 0) is 32.9 Å². The lowest BCUT2D eigenvalue weighted by Crippen LogP contribution is -2.24.